The number of phenolic OH excluding ortho intramolecular Hbond substituents is 1. The van der Waals surface area contributed by atoms with Crippen LogP contribution >= 0.6 is 12.2 Å². The Labute approximate surface area is 146 Å². The van der Waals surface area contributed by atoms with Gasteiger partial charge < -0.3 is 15.7 Å². The molecule has 0 unspecified atom stereocenters. The summed E-state index contributed by atoms with van der Waals surface area (Å²) in [6.45, 7) is 3.10. The molecule has 0 aromatic heterocycles. The summed E-state index contributed by atoms with van der Waals surface area (Å²) in [4.78, 5) is 1.94. The van der Waals surface area contributed by atoms with E-state index in [9.17, 15) is 5.11 Å². The summed E-state index contributed by atoms with van der Waals surface area (Å²) in [6, 6.07) is 7.04. The summed E-state index contributed by atoms with van der Waals surface area (Å²) >= 11 is 5.14. The highest BCUT2D eigenvalue weighted by molar-refractivity contribution is 7.80. The molecular formula is C19H32N2OS. The Kier molecular flexibility index (Phi) is 10.5. The van der Waals surface area contributed by atoms with Gasteiger partial charge in [-0.05, 0) is 42.9 Å². The number of unbranched alkanes of at least 4 members (excludes halogenated alkanes) is 9. The number of nitrogens with two attached hydrogens (primary N) is 1. The molecule has 0 atom stereocenters. The highest BCUT2D eigenvalue weighted by Crippen LogP contribution is 2.19. The summed E-state index contributed by atoms with van der Waals surface area (Å²) in [5.74, 6) is 0.260. The molecule has 0 saturated carbocycles. The molecule has 0 fully saturated rings. The van der Waals surface area contributed by atoms with E-state index in [1.807, 2.05) is 17.0 Å². The van der Waals surface area contributed by atoms with Gasteiger partial charge in [0.15, 0.2) is 5.11 Å². The molecule has 0 bridgehead atoms. The molecule has 1 aromatic rings. The monoisotopic (exact) mass is 336 g/mol. The van der Waals surface area contributed by atoms with Crippen LogP contribution in [0, 0.1) is 0 Å². The molecular weight excluding hydrogens is 304 g/mol. The van der Waals surface area contributed by atoms with Gasteiger partial charge >= 0.3 is 0 Å². The number of thiocarbonyl (C=S) groups is 1. The zero-order valence-electron chi connectivity index (χ0n) is 14.5. The molecule has 130 valence electrons. The molecule has 3 nitrogen and oxygen atoms in total. The Hall–Kier alpha value is -1.29. The molecule has 0 radical (unpaired) electrons. The number of hydrogen-bond acceptors (Lipinski definition) is 2. The molecule has 0 amide bonds. The third-order valence-electron chi connectivity index (χ3n) is 4.16. The van der Waals surface area contributed by atoms with Crippen molar-refractivity contribution in [1.29, 1.82) is 0 Å². The van der Waals surface area contributed by atoms with Crippen molar-refractivity contribution in [3.63, 3.8) is 0 Å². The minimum atomic E-state index is 0.260. The Balaban J connectivity index is 2.14. The van der Waals surface area contributed by atoms with E-state index in [-0.39, 0.29) is 5.75 Å². The highest BCUT2D eigenvalue weighted by atomic mass is 32.1. The Morgan fingerprint density at radius 2 is 1.39 bits per heavy atom. The van der Waals surface area contributed by atoms with E-state index in [0.717, 1.165) is 18.7 Å². The zero-order valence-corrected chi connectivity index (χ0v) is 15.3. The van der Waals surface area contributed by atoms with Gasteiger partial charge in [-0.2, -0.15) is 0 Å². The highest BCUT2D eigenvalue weighted by Gasteiger charge is 2.08. The smallest absolute Gasteiger partial charge is 0.170 e. The summed E-state index contributed by atoms with van der Waals surface area (Å²) in [6.07, 6.45) is 13.2. The lowest BCUT2D eigenvalue weighted by Gasteiger charge is -2.23. The quantitative estimate of drug-likeness (QED) is 0.398. The number of rotatable bonds is 12. The van der Waals surface area contributed by atoms with Gasteiger partial charge in [-0.15, -0.1) is 0 Å². The second-order valence-corrected chi connectivity index (χ2v) is 6.61. The molecule has 1 aromatic carbocycles. The predicted octanol–water partition coefficient (Wildman–Crippen LogP) is 5.36. The first-order valence-electron chi connectivity index (χ1n) is 9.01. The Morgan fingerprint density at radius 1 is 0.913 bits per heavy atom. The van der Waals surface area contributed by atoms with E-state index in [0.29, 0.717) is 5.11 Å². The van der Waals surface area contributed by atoms with Crippen LogP contribution in [0.5, 0.6) is 5.75 Å². The minimum Gasteiger partial charge on any atom is -0.508 e. The molecule has 23 heavy (non-hydrogen) atoms. The van der Waals surface area contributed by atoms with Crippen LogP contribution in [0.1, 0.15) is 71.1 Å². The van der Waals surface area contributed by atoms with Crippen molar-refractivity contribution in [2.45, 2.75) is 71.1 Å². The van der Waals surface area contributed by atoms with Crippen LogP contribution in [0.25, 0.3) is 0 Å². The van der Waals surface area contributed by atoms with E-state index < -0.39 is 0 Å². The van der Waals surface area contributed by atoms with Crippen LogP contribution in [0.4, 0.5) is 5.69 Å². The van der Waals surface area contributed by atoms with Crippen molar-refractivity contribution in [3.8, 4) is 5.75 Å². The SMILES string of the molecule is CCCCCCCCCCCCN(C(N)=S)c1ccc(O)cc1. The van der Waals surface area contributed by atoms with Gasteiger partial charge in [-0.25, -0.2) is 0 Å². The standard InChI is InChI=1S/C19H32N2OS/c1-2-3-4-5-6-7-8-9-10-11-16-21(19(20)23)17-12-14-18(22)15-13-17/h12-15,22H,2-11,16H2,1H3,(H2,20,23). The van der Waals surface area contributed by atoms with Crippen molar-refractivity contribution >= 4 is 23.0 Å². The molecule has 4 heteroatoms. The molecule has 0 heterocycles. The molecule has 1 rings (SSSR count). The largest absolute Gasteiger partial charge is 0.508 e. The number of nitrogens with zero attached hydrogens (tertiary/aromatic N) is 1. The van der Waals surface area contributed by atoms with Crippen molar-refractivity contribution in [2.24, 2.45) is 5.73 Å². The summed E-state index contributed by atoms with van der Waals surface area (Å²) in [5, 5.41) is 9.75. The molecule has 0 saturated heterocycles. The second-order valence-electron chi connectivity index (χ2n) is 6.19. The minimum absolute atomic E-state index is 0.260. The van der Waals surface area contributed by atoms with Crippen molar-refractivity contribution < 1.29 is 5.11 Å². The van der Waals surface area contributed by atoms with E-state index in [1.54, 1.807) is 12.1 Å². The number of aromatic hydroxyl groups is 1. The maximum Gasteiger partial charge on any atom is 0.170 e. The third-order valence-corrected chi connectivity index (χ3v) is 4.38. The lowest BCUT2D eigenvalue weighted by atomic mass is 10.1. The van der Waals surface area contributed by atoms with E-state index in [4.69, 9.17) is 18.0 Å². The normalized spacial score (nSPS) is 10.7. The lowest BCUT2D eigenvalue weighted by Crippen LogP contribution is -2.36. The molecule has 0 spiro atoms. The molecule has 0 aliphatic heterocycles. The van der Waals surface area contributed by atoms with E-state index >= 15 is 0 Å². The van der Waals surface area contributed by atoms with Crippen LogP contribution in [0.15, 0.2) is 24.3 Å². The average molecular weight is 337 g/mol. The van der Waals surface area contributed by atoms with Gasteiger partial charge in [0.05, 0.1) is 0 Å². The van der Waals surface area contributed by atoms with Crippen molar-refractivity contribution in [3.05, 3.63) is 24.3 Å². The first-order chi connectivity index (χ1) is 11.1. The first kappa shape index (κ1) is 19.8. The van der Waals surface area contributed by atoms with Crippen LogP contribution in [-0.2, 0) is 0 Å². The van der Waals surface area contributed by atoms with Crippen LogP contribution < -0.4 is 10.6 Å². The van der Waals surface area contributed by atoms with Gasteiger partial charge in [0.1, 0.15) is 5.75 Å². The number of phenols is 1. The molecule has 0 aliphatic carbocycles. The van der Waals surface area contributed by atoms with Crippen molar-refractivity contribution in [2.75, 3.05) is 11.4 Å². The first-order valence-corrected chi connectivity index (χ1v) is 9.42. The number of anilines is 1. The fourth-order valence-corrected chi connectivity index (χ4v) is 2.95. The third kappa shape index (κ3) is 8.80. The van der Waals surface area contributed by atoms with Gasteiger partial charge in [0.25, 0.3) is 0 Å². The van der Waals surface area contributed by atoms with Crippen LogP contribution in [0.3, 0.4) is 0 Å². The lowest BCUT2D eigenvalue weighted by molar-refractivity contribution is 0.475. The zero-order chi connectivity index (χ0) is 16.9. The predicted molar refractivity (Wildman–Crippen MR) is 104 cm³/mol. The van der Waals surface area contributed by atoms with Gasteiger partial charge in [-0.3, -0.25) is 0 Å². The van der Waals surface area contributed by atoms with E-state index in [2.05, 4.69) is 6.92 Å². The van der Waals surface area contributed by atoms with Gasteiger partial charge in [0.2, 0.25) is 0 Å². The maximum atomic E-state index is 9.36. The van der Waals surface area contributed by atoms with Crippen molar-refractivity contribution in [1.82, 2.24) is 0 Å². The van der Waals surface area contributed by atoms with Crippen LogP contribution in [-0.4, -0.2) is 16.8 Å². The average Bonchev–Trinajstić information content (AvgIpc) is 2.53. The van der Waals surface area contributed by atoms with Crippen LogP contribution in [0.2, 0.25) is 0 Å². The number of benzene rings is 1. The summed E-state index contributed by atoms with van der Waals surface area (Å²) in [5.41, 5.74) is 6.77. The summed E-state index contributed by atoms with van der Waals surface area (Å²) < 4.78 is 0. The van der Waals surface area contributed by atoms with Gasteiger partial charge in [-0.1, -0.05) is 64.7 Å². The fourth-order valence-electron chi connectivity index (χ4n) is 2.76. The maximum absolute atomic E-state index is 9.36. The Bertz CT molecular complexity index is 434. The fraction of sp³-hybridized carbons (Fsp3) is 0.632. The van der Waals surface area contributed by atoms with Gasteiger partial charge in [0, 0.05) is 12.2 Å². The van der Waals surface area contributed by atoms with E-state index in [1.165, 1.54) is 57.8 Å². The number of hydrogen-bond donors (Lipinski definition) is 2. The molecule has 3 N–H and O–H groups in total. The molecule has 0 aliphatic rings. The second kappa shape index (κ2) is 12.2. The topological polar surface area (TPSA) is 49.5 Å². The summed E-state index contributed by atoms with van der Waals surface area (Å²) in [7, 11) is 0. The Morgan fingerprint density at radius 3 is 1.87 bits per heavy atom.